The van der Waals surface area contributed by atoms with Gasteiger partial charge in [0.05, 0.1) is 17.9 Å². The van der Waals surface area contributed by atoms with E-state index in [-0.39, 0.29) is 29.3 Å². The molecule has 0 N–H and O–H groups in total. The van der Waals surface area contributed by atoms with Gasteiger partial charge in [-0.1, -0.05) is 19.1 Å². The van der Waals surface area contributed by atoms with Crippen molar-refractivity contribution in [3.05, 3.63) is 45.4 Å². The molecule has 6 rings (SSSR count). The highest BCUT2D eigenvalue weighted by atomic mass is 16.6. The summed E-state index contributed by atoms with van der Waals surface area (Å²) < 4.78 is 20.7. The maximum Gasteiger partial charge on any atom is 0.410 e. The molecule has 0 spiro atoms. The lowest BCUT2D eigenvalue weighted by molar-refractivity contribution is -0.158. The van der Waals surface area contributed by atoms with E-state index in [0.29, 0.717) is 62.8 Å². The zero-order valence-electron chi connectivity index (χ0n) is 28.5. The Hall–Kier alpha value is -3.93. The second-order valence-corrected chi connectivity index (χ2v) is 15.1. The number of fused-ring (bicyclic) bond motifs is 4. The number of hydrogen-bond donors (Lipinski definition) is 0. The summed E-state index contributed by atoms with van der Waals surface area (Å²) in [6.07, 6.45) is 1.31. The second kappa shape index (κ2) is 11.1. The molecular formula is C34H46N6O6. The summed E-state index contributed by atoms with van der Waals surface area (Å²) in [6.45, 7) is 18.9. The van der Waals surface area contributed by atoms with Crippen LogP contribution in [-0.4, -0.2) is 73.0 Å². The zero-order chi connectivity index (χ0) is 33.3. The third kappa shape index (κ3) is 5.76. The number of aromatic nitrogens is 4. The minimum absolute atomic E-state index is 0.139. The van der Waals surface area contributed by atoms with Gasteiger partial charge in [0.1, 0.15) is 22.9 Å². The molecule has 0 radical (unpaired) electrons. The second-order valence-electron chi connectivity index (χ2n) is 15.1. The van der Waals surface area contributed by atoms with Crippen molar-refractivity contribution in [1.29, 1.82) is 0 Å². The molecule has 3 aliphatic rings. The van der Waals surface area contributed by atoms with E-state index in [1.807, 2.05) is 85.1 Å². The Morgan fingerprint density at radius 1 is 1.07 bits per heavy atom. The topological polar surface area (TPSA) is 120 Å². The van der Waals surface area contributed by atoms with Crippen LogP contribution in [0.1, 0.15) is 98.0 Å². The van der Waals surface area contributed by atoms with Gasteiger partial charge in [0.15, 0.2) is 5.82 Å². The first kappa shape index (κ1) is 32.0. The van der Waals surface area contributed by atoms with Crippen LogP contribution in [0.4, 0.5) is 10.5 Å². The van der Waals surface area contributed by atoms with E-state index < -0.39 is 17.2 Å². The number of amides is 1. The molecule has 248 valence electrons. The number of anilines is 1. The van der Waals surface area contributed by atoms with Crippen molar-refractivity contribution in [2.24, 2.45) is 0 Å². The number of carbonyl (C=O) groups excluding carboxylic acids is 2. The van der Waals surface area contributed by atoms with Crippen LogP contribution in [-0.2, 0) is 37.6 Å². The standard InChI is InChI=1S/C34H46N6O6/c1-10-22-18-37(31(43)46-33(5,6)7)15-16-38(22)26-24-13-14-25(29(42)45-32(2,3)4)39(24)30-35-27(36-40(30)28(26)41)20-11-12-23-21(17-20)19-44-34(23,8)9/h11-12,17,22,25H,10,13-16,18-19H2,1-9H3. The normalized spacial score (nSPS) is 21.0. The summed E-state index contributed by atoms with van der Waals surface area (Å²) in [5.41, 5.74) is 2.22. The van der Waals surface area contributed by atoms with Crippen molar-refractivity contribution < 1.29 is 23.8 Å². The minimum Gasteiger partial charge on any atom is -0.458 e. The Balaban J connectivity index is 1.46. The van der Waals surface area contributed by atoms with Gasteiger partial charge in [0.25, 0.3) is 5.56 Å². The summed E-state index contributed by atoms with van der Waals surface area (Å²) in [4.78, 5) is 49.7. The van der Waals surface area contributed by atoms with Crippen LogP contribution in [0.5, 0.6) is 0 Å². The van der Waals surface area contributed by atoms with Crippen LogP contribution in [0.25, 0.3) is 17.2 Å². The first-order valence-electron chi connectivity index (χ1n) is 16.3. The predicted molar refractivity (Wildman–Crippen MR) is 173 cm³/mol. The number of rotatable bonds is 4. The molecule has 5 heterocycles. The molecule has 3 aliphatic heterocycles. The lowest BCUT2D eigenvalue weighted by Crippen LogP contribution is -2.57. The molecule has 1 aromatic carbocycles. The molecule has 0 saturated carbocycles. The molecule has 0 aliphatic carbocycles. The molecule has 2 unspecified atom stereocenters. The largest absolute Gasteiger partial charge is 0.458 e. The van der Waals surface area contributed by atoms with Crippen molar-refractivity contribution in [1.82, 2.24) is 24.1 Å². The van der Waals surface area contributed by atoms with Gasteiger partial charge in [-0.2, -0.15) is 9.50 Å². The minimum atomic E-state index is -0.678. The number of carbonyl (C=O) groups is 2. The summed E-state index contributed by atoms with van der Waals surface area (Å²) in [7, 11) is 0. The Morgan fingerprint density at radius 3 is 2.46 bits per heavy atom. The molecule has 0 bridgehead atoms. The SMILES string of the molecule is CCC1CN(C(=O)OC(C)(C)C)CCN1c1c2n(c3nc(-c4ccc5c(c4)COC5(C)C)nn3c1=O)C(C(=O)OC(C)(C)C)CC2. The maximum absolute atomic E-state index is 14.4. The van der Waals surface area contributed by atoms with Gasteiger partial charge in [-0.25, -0.2) is 9.59 Å². The van der Waals surface area contributed by atoms with E-state index in [4.69, 9.17) is 24.3 Å². The number of hydrogen-bond acceptors (Lipinski definition) is 9. The monoisotopic (exact) mass is 634 g/mol. The van der Waals surface area contributed by atoms with Crippen molar-refractivity contribution in [3.63, 3.8) is 0 Å². The van der Waals surface area contributed by atoms with Crippen molar-refractivity contribution in [2.75, 3.05) is 24.5 Å². The van der Waals surface area contributed by atoms with Gasteiger partial charge in [-0.3, -0.25) is 9.36 Å². The number of nitrogens with zero attached hydrogens (tertiary/aromatic N) is 6. The van der Waals surface area contributed by atoms with Crippen molar-refractivity contribution >= 4 is 23.5 Å². The van der Waals surface area contributed by atoms with Gasteiger partial charge in [0.2, 0.25) is 5.78 Å². The number of benzene rings is 1. The van der Waals surface area contributed by atoms with Crippen molar-refractivity contribution in [2.45, 2.75) is 117 Å². The van der Waals surface area contributed by atoms with Gasteiger partial charge in [0, 0.05) is 31.2 Å². The Labute approximate surface area is 269 Å². The maximum atomic E-state index is 14.4. The third-order valence-corrected chi connectivity index (χ3v) is 8.90. The molecule has 2 aromatic heterocycles. The highest BCUT2D eigenvalue weighted by molar-refractivity contribution is 5.77. The third-order valence-electron chi connectivity index (χ3n) is 8.90. The van der Waals surface area contributed by atoms with E-state index >= 15 is 0 Å². The summed E-state index contributed by atoms with van der Waals surface area (Å²) in [5, 5.41) is 4.75. The average molecular weight is 635 g/mol. The first-order chi connectivity index (χ1) is 21.5. The van der Waals surface area contributed by atoms with Gasteiger partial charge < -0.3 is 24.0 Å². The fourth-order valence-electron chi connectivity index (χ4n) is 6.79. The van der Waals surface area contributed by atoms with Gasteiger partial charge >= 0.3 is 12.1 Å². The predicted octanol–water partition coefficient (Wildman–Crippen LogP) is 4.99. The van der Waals surface area contributed by atoms with Crippen LogP contribution in [0.2, 0.25) is 0 Å². The van der Waals surface area contributed by atoms with E-state index in [0.717, 1.165) is 22.4 Å². The van der Waals surface area contributed by atoms with E-state index in [2.05, 4.69) is 4.90 Å². The molecule has 12 heteroatoms. The van der Waals surface area contributed by atoms with E-state index in [1.54, 1.807) is 4.90 Å². The number of piperazine rings is 1. The molecule has 2 atom stereocenters. The van der Waals surface area contributed by atoms with Crippen LogP contribution < -0.4 is 10.5 Å². The highest BCUT2D eigenvalue weighted by Gasteiger charge is 2.41. The number of esters is 1. The molecule has 12 nitrogen and oxygen atoms in total. The van der Waals surface area contributed by atoms with E-state index in [1.165, 1.54) is 4.52 Å². The first-order valence-corrected chi connectivity index (χ1v) is 16.3. The molecule has 1 fully saturated rings. The van der Waals surface area contributed by atoms with Crippen LogP contribution in [0, 0.1) is 0 Å². The summed E-state index contributed by atoms with van der Waals surface area (Å²) in [5.74, 6) is 0.337. The van der Waals surface area contributed by atoms with Crippen LogP contribution >= 0.6 is 0 Å². The molecule has 46 heavy (non-hydrogen) atoms. The lowest BCUT2D eigenvalue weighted by Gasteiger charge is -2.42. The lowest BCUT2D eigenvalue weighted by atomic mass is 9.94. The highest BCUT2D eigenvalue weighted by Crippen LogP contribution is 2.39. The van der Waals surface area contributed by atoms with Crippen LogP contribution in [0.3, 0.4) is 0 Å². The Kier molecular flexibility index (Phi) is 7.73. The Bertz CT molecular complexity index is 1760. The fraction of sp³-hybridized carbons (Fsp3) is 0.618. The number of ether oxygens (including phenoxy) is 3. The summed E-state index contributed by atoms with van der Waals surface area (Å²) >= 11 is 0. The zero-order valence-corrected chi connectivity index (χ0v) is 28.5. The Morgan fingerprint density at radius 2 is 1.78 bits per heavy atom. The molecular weight excluding hydrogens is 588 g/mol. The van der Waals surface area contributed by atoms with E-state index in [9.17, 15) is 14.4 Å². The molecule has 3 aromatic rings. The molecule has 1 amide bonds. The summed E-state index contributed by atoms with van der Waals surface area (Å²) in [6, 6.07) is 5.20. The smallest absolute Gasteiger partial charge is 0.410 e. The van der Waals surface area contributed by atoms with Gasteiger partial charge in [-0.15, -0.1) is 5.10 Å². The fourth-order valence-corrected chi connectivity index (χ4v) is 6.79. The van der Waals surface area contributed by atoms with Crippen LogP contribution in [0.15, 0.2) is 23.0 Å². The van der Waals surface area contributed by atoms with Gasteiger partial charge in [-0.05, 0) is 91.8 Å². The average Bonchev–Trinajstić information content (AvgIpc) is 3.67. The quantitative estimate of drug-likeness (QED) is 0.366. The molecule has 1 saturated heterocycles. The van der Waals surface area contributed by atoms with Crippen molar-refractivity contribution in [3.8, 4) is 11.4 Å².